The number of ether oxygens (including phenoxy) is 2. The van der Waals surface area contributed by atoms with Gasteiger partial charge in [0.1, 0.15) is 17.3 Å². The van der Waals surface area contributed by atoms with Crippen LogP contribution in [0.5, 0.6) is 5.75 Å². The average molecular weight is 394 g/mol. The molecule has 0 aliphatic carbocycles. The largest absolute Gasteiger partial charge is 0.497 e. The van der Waals surface area contributed by atoms with Crippen LogP contribution in [0.3, 0.4) is 0 Å². The highest BCUT2D eigenvalue weighted by molar-refractivity contribution is 6.03. The summed E-state index contributed by atoms with van der Waals surface area (Å²) < 4.78 is 16.2. The highest BCUT2D eigenvalue weighted by Crippen LogP contribution is 2.24. The number of morpholine rings is 1. The van der Waals surface area contributed by atoms with Crippen molar-refractivity contribution in [3.63, 3.8) is 0 Å². The summed E-state index contributed by atoms with van der Waals surface area (Å²) in [5.41, 5.74) is 2.00. The van der Waals surface area contributed by atoms with Gasteiger partial charge < -0.3 is 24.1 Å². The van der Waals surface area contributed by atoms with Gasteiger partial charge in [0.15, 0.2) is 5.69 Å². The van der Waals surface area contributed by atoms with Gasteiger partial charge in [-0.3, -0.25) is 4.79 Å². The predicted octanol–water partition coefficient (Wildman–Crippen LogP) is 3.14. The summed E-state index contributed by atoms with van der Waals surface area (Å²) in [4.78, 5) is 23.5. The van der Waals surface area contributed by atoms with Crippen molar-refractivity contribution < 1.29 is 18.7 Å². The summed E-state index contributed by atoms with van der Waals surface area (Å²) in [7, 11) is 1.61. The number of nitrogens with zero attached hydrogens (tertiary/aromatic N) is 3. The Balaban J connectivity index is 1.46. The van der Waals surface area contributed by atoms with Crippen molar-refractivity contribution >= 4 is 17.4 Å². The van der Waals surface area contributed by atoms with E-state index in [2.05, 4.69) is 20.2 Å². The molecule has 8 heteroatoms. The highest BCUT2D eigenvalue weighted by atomic mass is 16.5. The minimum absolute atomic E-state index is 0.231. The summed E-state index contributed by atoms with van der Waals surface area (Å²) in [6.45, 7) is 4.80. The molecule has 2 aromatic heterocycles. The van der Waals surface area contributed by atoms with Gasteiger partial charge in [-0.15, -0.1) is 0 Å². The molecule has 1 N–H and O–H groups in total. The van der Waals surface area contributed by atoms with Gasteiger partial charge >= 0.3 is 0 Å². The Bertz CT molecular complexity index is 977. The second kappa shape index (κ2) is 8.32. The zero-order valence-electron chi connectivity index (χ0n) is 16.3. The minimum Gasteiger partial charge on any atom is -0.497 e. The number of carbonyl (C=O) groups excluding carboxylic acids is 1. The number of aryl methyl sites for hydroxylation is 1. The first-order valence-electron chi connectivity index (χ1n) is 9.36. The normalized spacial score (nSPS) is 13.9. The Hall–Kier alpha value is -3.39. The Labute approximate surface area is 168 Å². The maximum Gasteiger partial charge on any atom is 0.279 e. The average Bonchev–Trinajstić information content (AvgIpc) is 3.17. The van der Waals surface area contributed by atoms with E-state index < -0.39 is 0 Å². The summed E-state index contributed by atoms with van der Waals surface area (Å²) in [6.07, 6.45) is 1.75. The number of hydrogen-bond donors (Lipinski definition) is 1. The van der Waals surface area contributed by atoms with Crippen molar-refractivity contribution in [1.29, 1.82) is 0 Å². The van der Waals surface area contributed by atoms with Crippen molar-refractivity contribution in [1.82, 2.24) is 9.97 Å². The van der Waals surface area contributed by atoms with Crippen LogP contribution in [0.15, 0.2) is 47.0 Å². The number of amides is 1. The zero-order valence-corrected chi connectivity index (χ0v) is 16.3. The van der Waals surface area contributed by atoms with E-state index in [9.17, 15) is 4.79 Å². The first kappa shape index (κ1) is 18.9. The molecule has 0 bridgehead atoms. The van der Waals surface area contributed by atoms with Gasteiger partial charge in [-0.1, -0.05) is 0 Å². The lowest BCUT2D eigenvalue weighted by Gasteiger charge is -2.28. The lowest BCUT2D eigenvalue weighted by molar-refractivity contribution is 0.102. The number of pyridine rings is 1. The van der Waals surface area contributed by atoms with Gasteiger partial charge in [0.2, 0.25) is 5.89 Å². The van der Waals surface area contributed by atoms with Crippen LogP contribution in [-0.4, -0.2) is 49.3 Å². The number of methoxy groups -OCH3 is 1. The Kier molecular flexibility index (Phi) is 5.44. The fourth-order valence-electron chi connectivity index (χ4n) is 3.11. The van der Waals surface area contributed by atoms with Gasteiger partial charge in [-0.25, -0.2) is 9.97 Å². The molecule has 0 atom stereocenters. The van der Waals surface area contributed by atoms with Gasteiger partial charge in [0, 0.05) is 18.7 Å². The van der Waals surface area contributed by atoms with Crippen molar-refractivity contribution in [3.05, 3.63) is 54.0 Å². The SMILES string of the molecule is COc1ccc(-c2nc(C(=O)Nc3ccc(N4CCOCC4)cn3)c(C)o2)cc1. The van der Waals surface area contributed by atoms with Crippen LogP contribution in [0, 0.1) is 6.92 Å². The fraction of sp³-hybridized carbons (Fsp3) is 0.286. The van der Waals surface area contributed by atoms with Crippen molar-refractivity contribution in [2.24, 2.45) is 0 Å². The third-order valence-corrected chi connectivity index (χ3v) is 4.71. The molecule has 1 aliphatic heterocycles. The van der Waals surface area contributed by atoms with E-state index in [1.807, 2.05) is 30.3 Å². The first-order chi connectivity index (χ1) is 14.1. The molecule has 150 valence electrons. The van der Waals surface area contributed by atoms with Crippen LogP contribution in [0.2, 0.25) is 0 Å². The number of anilines is 2. The fourth-order valence-corrected chi connectivity index (χ4v) is 3.11. The molecular formula is C21H22N4O4. The quantitative estimate of drug-likeness (QED) is 0.711. The molecule has 1 aromatic carbocycles. The van der Waals surface area contributed by atoms with Crippen molar-refractivity contribution in [3.8, 4) is 17.2 Å². The van der Waals surface area contributed by atoms with E-state index in [1.165, 1.54) is 0 Å². The smallest absolute Gasteiger partial charge is 0.279 e. The Morgan fingerprint density at radius 3 is 2.55 bits per heavy atom. The molecule has 0 unspecified atom stereocenters. The number of carbonyl (C=O) groups is 1. The van der Waals surface area contributed by atoms with Gasteiger partial charge in [-0.05, 0) is 43.3 Å². The van der Waals surface area contributed by atoms with E-state index >= 15 is 0 Å². The highest BCUT2D eigenvalue weighted by Gasteiger charge is 2.19. The molecule has 0 spiro atoms. The van der Waals surface area contributed by atoms with Crippen LogP contribution in [-0.2, 0) is 4.74 Å². The van der Waals surface area contributed by atoms with Gasteiger partial charge in [-0.2, -0.15) is 0 Å². The first-order valence-corrected chi connectivity index (χ1v) is 9.36. The predicted molar refractivity (Wildman–Crippen MR) is 108 cm³/mol. The summed E-state index contributed by atoms with van der Waals surface area (Å²) in [6, 6.07) is 11.0. The monoisotopic (exact) mass is 394 g/mol. The molecule has 4 rings (SSSR count). The number of benzene rings is 1. The van der Waals surface area contributed by atoms with Gasteiger partial charge in [0.25, 0.3) is 5.91 Å². The molecule has 29 heavy (non-hydrogen) atoms. The molecule has 1 amide bonds. The lowest BCUT2D eigenvalue weighted by Crippen LogP contribution is -2.36. The maximum absolute atomic E-state index is 12.6. The standard InChI is InChI=1S/C21H22N4O4/c1-14-19(24-21(29-14)15-3-6-17(27-2)7-4-15)20(26)23-18-8-5-16(13-22-18)25-9-11-28-12-10-25/h3-8,13H,9-12H2,1-2H3,(H,22,23,26). The van der Waals surface area contributed by atoms with Crippen LogP contribution in [0.25, 0.3) is 11.5 Å². The molecule has 1 saturated heterocycles. The molecule has 1 fully saturated rings. The number of rotatable bonds is 5. The Morgan fingerprint density at radius 1 is 1.14 bits per heavy atom. The topological polar surface area (TPSA) is 89.7 Å². The summed E-state index contributed by atoms with van der Waals surface area (Å²) in [5.74, 6) is 1.66. The lowest BCUT2D eigenvalue weighted by atomic mass is 10.2. The molecule has 3 heterocycles. The summed E-state index contributed by atoms with van der Waals surface area (Å²) >= 11 is 0. The minimum atomic E-state index is -0.363. The third-order valence-electron chi connectivity index (χ3n) is 4.71. The number of hydrogen-bond acceptors (Lipinski definition) is 7. The molecule has 8 nitrogen and oxygen atoms in total. The van der Waals surface area contributed by atoms with Crippen LogP contribution >= 0.6 is 0 Å². The van der Waals surface area contributed by atoms with Crippen molar-refractivity contribution in [2.75, 3.05) is 43.6 Å². The van der Waals surface area contributed by atoms with Crippen LogP contribution in [0.1, 0.15) is 16.2 Å². The number of aromatic nitrogens is 2. The second-order valence-electron chi connectivity index (χ2n) is 6.61. The summed E-state index contributed by atoms with van der Waals surface area (Å²) in [5, 5.41) is 2.78. The molecule has 1 aliphatic rings. The molecular weight excluding hydrogens is 372 g/mol. The van der Waals surface area contributed by atoms with Gasteiger partial charge in [0.05, 0.1) is 32.2 Å². The molecule has 3 aromatic rings. The van der Waals surface area contributed by atoms with Crippen LogP contribution < -0.4 is 15.0 Å². The number of oxazole rings is 1. The van der Waals surface area contributed by atoms with Crippen LogP contribution in [0.4, 0.5) is 11.5 Å². The van der Waals surface area contributed by atoms with E-state index in [1.54, 1.807) is 26.3 Å². The maximum atomic E-state index is 12.6. The molecule has 0 radical (unpaired) electrons. The van der Waals surface area contributed by atoms with E-state index in [-0.39, 0.29) is 11.6 Å². The number of nitrogens with one attached hydrogen (secondary N) is 1. The zero-order chi connectivity index (χ0) is 20.2. The van der Waals surface area contributed by atoms with Crippen molar-refractivity contribution in [2.45, 2.75) is 6.92 Å². The second-order valence-corrected chi connectivity index (χ2v) is 6.61. The molecule has 0 saturated carbocycles. The third kappa shape index (κ3) is 4.22. The van der Waals surface area contributed by atoms with E-state index in [0.29, 0.717) is 30.7 Å². The van der Waals surface area contributed by atoms with E-state index in [0.717, 1.165) is 30.1 Å². The van der Waals surface area contributed by atoms with E-state index in [4.69, 9.17) is 13.9 Å². The Morgan fingerprint density at radius 2 is 1.90 bits per heavy atom.